The van der Waals surface area contributed by atoms with Crippen molar-refractivity contribution in [3.8, 4) is 17.0 Å². The highest BCUT2D eigenvalue weighted by Gasteiger charge is 2.28. The summed E-state index contributed by atoms with van der Waals surface area (Å²) in [6.07, 6.45) is 4.91. The van der Waals surface area contributed by atoms with Crippen molar-refractivity contribution < 1.29 is 33.0 Å². The second kappa shape index (κ2) is 13.0. The molecule has 5 rings (SSSR count). The second-order valence-corrected chi connectivity index (χ2v) is 10.3. The number of aryl methyl sites for hydroxylation is 1. The molecule has 1 aliphatic heterocycles. The number of hydrogen-bond donors (Lipinski definition) is 3. The standard InChI is InChI=1S/C30H31F2N7O5/c1-18-16-20(4-7-22(18)28(42)37-12-14-38(15-13-37)29(43)23(33)8-9-25(40)41)36-26-27-35-17-24(39(27)11-10-34-26)19-2-5-21(6-3-19)44-30(31)32/h2-7,10-11,16-17,23,30H,8-9,12-15,33H2,1H3,(H,34,36)(H,40,41)/t23-/m0/s1. The lowest BCUT2D eigenvalue weighted by Crippen LogP contribution is -2.54. The van der Waals surface area contributed by atoms with Gasteiger partial charge in [-0.2, -0.15) is 8.78 Å². The first-order chi connectivity index (χ1) is 21.1. The number of piperazine rings is 1. The van der Waals surface area contributed by atoms with Crippen molar-refractivity contribution in [3.63, 3.8) is 0 Å². The van der Waals surface area contributed by atoms with Gasteiger partial charge in [-0.15, -0.1) is 0 Å². The molecular weight excluding hydrogens is 576 g/mol. The number of aliphatic carboxylic acids is 1. The Bertz CT molecular complexity index is 1670. The minimum absolute atomic E-state index is 0.0611. The van der Waals surface area contributed by atoms with E-state index in [2.05, 4.69) is 20.0 Å². The van der Waals surface area contributed by atoms with Gasteiger partial charge in [-0.3, -0.25) is 18.8 Å². The van der Waals surface area contributed by atoms with Crippen LogP contribution in [0.3, 0.4) is 0 Å². The van der Waals surface area contributed by atoms with Crippen molar-refractivity contribution >= 4 is 34.9 Å². The van der Waals surface area contributed by atoms with Gasteiger partial charge in [0.1, 0.15) is 5.75 Å². The number of rotatable bonds is 10. The van der Waals surface area contributed by atoms with E-state index in [0.717, 1.165) is 16.8 Å². The number of carbonyl (C=O) groups is 3. The van der Waals surface area contributed by atoms with E-state index in [1.165, 1.54) is 12.1 Å². The van der Waals surface area contributed by atoms with Crippen molar-refractivity contribution in [1.82, 2.24) is 24.2 Å². The number of ether oxygens (including phenoxy) is 1. The zero-order valence-electron chi connectivity index (χ0n) is 23.8. The number of carboxylic acids is 1. The number of amides is 2. The number of carboxylic acid groups (broad SMARTS) is 1. The van der Waals surface area contributed by atoms with Crippen molar-refractivity contribution in [3.05, 3.63) is 72.2 Å². The molecule has 1 aliphatic rings. The van der Waals surface area contributed by atoms with E-state index in [4.69, 9.17) is 10.8 Å². The first kappa shape index (κ1) is 30.4. The molecule has 4 aromatic rings. The summed E-state index contributed by atoms with van der Waals surface area (Å²) in [6, 6.07) is 10.7. The molecule has 0 aliphatic carbocycles. The number of hydrogen-bond acceptors (Lipinski definition) is 8. The van der Waals surface area contributed by atoms with E-state index < -0.39 is 18.6 Å². The van der Waals surface area contributed by atoms with Crippen LogP contribution in [0.25, 0.3) is 16.9 Å². The predicted octanol–water partition coefficient (Wildman–Crippen LogP) is 3.53. The van der Waals surface area contributed by atoms with Crippen LogP contribution in [-0.4, -0.2) is 85.9 Å². The maximum absolute atomic E-state index is 13.3. The third-order valence-electron chi connectivity index (χ3n) is 7.39. The Balaban J connectivity index is 1.24. The quantitative estimate of drug-likeness (QED) is 0.246. The number of nitrogens with zero attached hydrogens (tertiary/aromatic N) is 5. The first-order valence-corrected chi connectivity index (χ1v) is 13.9. The highest BCUT2D eigenvalue weighted by atomic mass is 19.3. The largest absolute Gasteiger partial charge is 0.481 e. The maximum atomic E-state index is 13.3. The second-order valence-electron chi connectivity index (χ2n) is 10.3. The Morgan fingerprint density at radius 1 is 1.05 bits per heavy atom. The number of nitrogens with one attached hydrogen (secondary N) is 1. The molecule has 1 fully saturated rings. The van der Waals surface area contributed by atoms with Gasteiger partial charge in [0.2, 0.25) is 5.91 Å². The molecule has 230 valence electrons. The van der Waals surface area contributed by atoms with Crippen LogP contribution in [-0.2, 0) is 9.59 Å². The smallest absolute Gasteiger partial charge is 0.387 e. The Hall–Kier alpha value is -5.11. The van der Waals surface area contributed by atoms with Gasteiger partial charge in [-0.05, 0) is 61.4 Å². The Kier molecular flexibility index (Phi) is 8.99. The molecule has 3 heterocycles. The van der Waals surface area contributed by atoms with Crippen LogP contribution in [0.4, 0.5) is 20.3 Å². The summed E-state index contributed by atoms with van der Waals surface area (Å²) < 4.78 is 31.2. The van der Waals surface area contributed by atoms with Crippen LogP contribution in [0, 0.1) is 6.92 Å². The lowest BCUT2D eigenvalue weighted by atomic mass is 10.1. The molecule has 2 aromatic heterocycles. The molecule has 1 saturated heterocycles. The third-order valence-corrected chi connectivity index (χ3v) is 7.39. The number of fused-ring (bicyclic) bond motifs is 1. The van der Waals surface area contributed by atoms with Gasteiger partial charge in [0.25, 0.3) is 5.91 Å². The fourth-order valence-corrected chi connectivity index (χ4v) is 5.08. The van der Waals surface area contributed by atoms with E-state index >= 15 is 0 Å². The fourth-order valence-electron chi connectivity index (χ4n) is 5.08. The molecule has 14 heteroatoms. The highest BCUT2D eigenvalue weighted by Crippen LogP contribution is 2.28. The van der Waals surface area contributed by atoms with E-state index in [9.17, 15) is 23.2 Å². The number of alkyl halides is 2. The monoisotopic (exact) mass is 607 g/mol. The average Bonchev–Trinajstić information content (AvgIpc) is 3.45. The molecular formula is C30H31F2N7O5. The maximum Gasteiger partial charge on any atom is 0.387 e. The van der Waals surface area contributed by atoms with Gasteiger partial charge < -0.3 is 30.7 Å². The van der Waals surface area contributed by atoms with Gasteiger partial charge in [0, 0.05) is 61.8 Å². The topological polar surface area (TPSA) is 155 Å². The number of halogens is 2. The Labute approximate surface area is 251 Å². The number of aromatic nitrogens is 3. The average molecular weight is 608 g/mol. The van der Waals surface area contributed by atoms with Gasteiger partial charge in [0.15, 0.2) is 11.5 Å². The SMILES string of the molecule is Cc1cc(Nc2nccn3c(-c4ccc(OC(F)F)cc4)cnc23)ccc1C(=O)N1CCN(C(=O)[C@@H](N)CCC(=O)O)CC1. The zero-order valence-corrected chi connectivity index (χ0v) is 23.8. The molecule has 4 N–H and O–H groups in total. The van der Waals surface area contributed by atoms with E-state index in [1.54, 1.807) is 52.7 Å². The normalized spacial score (nSPS) is 14.1. The molecule has 0 spiro atoms. The van der Waals surface area contributed by atoms with Crippen LogP contribution in [0.1, 0.15) is 28.8 Å². The molecule has 2 amide bonds. The lowest BCUT2D eigenvalue weighted by Gasteiger charge is -2.36. The highest BCUT2D eigenvalue weighted by molar-refractivity contribution is 5.96. The molecule has 1 atom stereocenters. The minimum atomic E-state index is -2.90. The summed E-state index contributed by atoms with van der Waals surface area (Å²) in [5.41, 5.74) is 9.87. The minimum Gasteiger partial charge on any atom is -0.481 e. The van der Waals surface area contributed by atoms with Crippen molar-refractivity contribution in [1.29, 1.82) is 0 Å². The summed E-state index contributed by atoms with van der Waals surface area (Å²) in [6.45, 7) is 0.253. The Morgan fingerprint density at radius 3 is 2.41 bits per heavy atom. The van der Waals surface area contributed by atoms with Crippen LogP contribution in [0.5, 0.6) is 5.75 Å². The third kappa shape index (κ3) is 6.75. The van der Waals surface area contributed by atoms with Crippen LogP contribution in [0.15, 0.2) is 61.1 Å². The number of nitrogens with two attached hydrogens (primary N) is 1. The first-order valence-electron chi connectivity index (χ1n) is 13.9. The molecule has 0 unspecified atom stereocenters. The van der Waals surface area contributed by atoms with Crippen molar-refractivity contribution in [2.45, 2.75) is 32.4 Å². The van der Waals surface area contributed by atoms with Gasteiger partial charge in [-0.1, -0.05) is 0 Å². The Morgan fingerprint density at radius 2 is 1.75 bits per heavy atom. The molecule has 0 bridgehead atoms. The summed E-state index contributed by atoms with van der Waals surface area (Å²) in [5.74, 6) is -0.923. The molecule has 44 heavy (non-hydrogen) atoms. The van der Waals surface area contributed by atoms with Gasteiger partial charge in [0.05, 0.1) is 17.9 Å². The fraction of sp³-hybridized carbons (Fsp3) is 0.300. The zero-order chi connectivity index (χ0) is 31.4. The van der Waals surface area contributed by atoms with E-state index in [-0.39, 0.29) is 30.4 Å². The number of anilines is 2. The van der Waals surface area contributed by atoms with Crippen molar-refractivity contribution in [2.24, 2.45) is 5.73 Å². The van der Waals surface area contributed by atoms with Crippen LogP contribution < -0.4 is 15.8 Å². The number of carbonyl (C=O) groups excluding carboxylic acids is 2. The summed E-state index contributed by atoms with van der Waals surface area (Å²) in [4.78, 5) is 48.8. The predicted molar refractivity (Wildman–Crippen MR) is 157 cm³/mol. The summed E-state index contributed by atoms with van der Waals surface area (Å²) in [7, 11) is 0. The van der Waals surface area contributed by atoms with Gasteiger partial charge >= 0.3 is 12.6 Å². The van der Waals surface area contributed by atoms with Crippen molar-refractivity contribution in [2.75, 3.05) is 31.5 Å². The van der Waals surface area contributed by atoms with E-state index in [1.807, 2.05) is 17.4 Å². The van der Waals surface area contributed by atoms with Crippen LogP contribution >= 0.6 is 0 Å². The molecule has 2 aromatic carbocycles. The summed E-state index contributed by atoms with van der Waals surface area (Å²) in [5, 5.41) is 12.1. The van der Waals surface area contributed by atoms with Crippen LogP contribution in [0.2, 0.25) is 0 Å². The number of benzene rings is 2. The number of imidazole rings is 1. The van der Waals surface area contributed by atoms with Gasteiger partial charge in [-0.25, -0.2) is 9.97 Å². The van der Waals surface area contributed by atoms with E-state index in [0.29, 0.717) is 48.9 Å². The molecule has 12 nitrogen and oxygen atoms in total. The summed E-state index contributed by atoms with van der Waals surface area (Å²) >= 11 is 0. The molecule has 0 radical (unpaired) electrons. The molecule has 0 saturated carbocycles. The lowest BCUT2D eigenvalue weighted by molar-refractivity contribution is -0.138.